The van der Waals surface area contributed by atoms with E-state index in [0.717, 1.165) is 11.8 Å². The van der Waals surface area contributed by atoms with Gasteiger partial charge in [0.15, 0.2) is 17.3 Å². The number of ether oxygens (including phenoxy) is 2. The Bertz CT molecular complexity index is 1080. The van der Waals surface area contributed by atoms with E-state index in [1.165, 1.54) is 4.68 Å². The molecule has 30 heavy (non-hydrogen) atoms. The number of halogens is 2. The molecule has 3 aromatic rings. The first kappa shape index (κ1) is 22.1. The summed E-state index contributed by atoms with van der Waals surface area (Å²) in [4.78, 5) is 12.6. The molecule has 1 atom stereocenters. The monoisotopic (exact) mass is 467 g/mol. The summed E-state index contributed by atoms with van der Waals surface area (Å²) in [7, 11) is 3.10. The summed E-state index contributed by atoms with van der Waals surface area (Å²) in [6.45, 7) is 1.73. The number of hydrogen-bond acceptors (Lipinski definition) is 7. The highest BCUT2D eigenvalue weighted by atomic mass is 35.5. The first-order valence-corrected chi connectivity index (χ1v) is 10.3. The lowest BCUT2D eigenvalue weighted by molar-refractivity contribution is -0.115. The highest BCUT2D eigenvalue weighted by molar-refractivity contribution is 8.00. The third-order valence-electron chi connectivity index (χ3n) is 4.17. The molecule has 158 valence electrons. The molecule has 0 spiro atoms. The fourth-order valence-corrected chi connectivity index (χ4v) is 3.69. The Morgan fingerprint density at radius 1 is 1.17 bits per heavy atom. The van der Waals surface area contributed by atoms with E-state index in [2.05, 4.69) is 15.5 Å². The van der Waals surface area contributed by atoms with Crippen molar-refractivity contribution in [2.24, 2.45) is 0 Å². The van der Waals surface area contributed by atoms with Gasteiger partial charge in [-0.1, -0.05) is 41.0 Å². The van der Waals surface area contributed by atoms with Crippen LogP contribution >= 0.6 is 35.0 Å². The lowest BCUT2D eigenvalue weighted by Gasteiger charge is -2.13. The first-order valence-electron chi connectivity index (χ1n) is 8.70. The number of nitrogen functional groups attached to an aromatic ring is 1. The smallest absolute Gasteiger partial charge is 0.237 e. The van der Waals surface area contributed by atoms with Crippen LogP contribution in [0.2, 0.25) is 10.0 Å². The normalized spacial score (nSPS) is 11.8. The minimum Gasteiger partial charge on any atom is -0.493 e. The fourth-order valence-electron chi connectivity index (χ4n) is 2.58. The Morgan fingerprint density at radius 3 is 2.60 bits per heavy atom. The molecule has 3 N–H and O–H groups in total. The van der Waals surface area contributed by atoms with Gasteiger partial charge in [0.25, 0.3) is 0 Å². The summed E-state index contributed by atoms with van der Waals surface area (Å²) >= 11 is 13.3. The van der Waals surface area contributed by atoms with Crippen molar-refractivity contribution in [1.82, 2.24) is 14.9 Å². The van der Waals surface area contributed by atoms with Crippen LogP contribution in [0.5, 0.6) is 11.5 Å². The van der Waals surface area contributed by atoms with E-state index in [-0.39, 0.29) is 10.9 Å². The molecule has 0 unspecified atom stereocenters. The second kappa shape index (κ2) is 9.46. The highest BCUT2D eigenvalue weighted by Gasteiger charge is 2.21. The summed E-state index contributed by atoms with van der Waals surface area (Å²) in [5.74, 6) is 7.44. The molecular formula is C19H19Cl2N5O3S. The van der Waals surface area contributed by atoms with Gasteiger partial charge in [-0.25, -0.2) is 4.68 Å². The van der Waals surface area contributed by atoms with Gasteiger partial charge in [0.05, 0.1) is 35.2 Å². The quantitative estimate of drug-likeness (QED) is 0.397. The molecule has 0 radical (unpaired) electrons. The lowest BCUT2D eigenvalue weighted by atomic mass is 10.2. The van der Waals surface area contributed by atoms with Gasteiger partial charge in [-0.05, 0) is 37.3 Å². The van der Waals surface area contributed by atoms with Crippen LogP contribution in [0.3, 0.4) is 0 Å². The Hall–Kier alpha value is -2.62. The van der Waals surface area contributed by atoms with Crippen LogP contribution in [0.15, 0.2) is 41.6 Å². The van der Waals surface area contributed by atoms with Crippen LogP contribution in [-0.4, -0.2) is 40.3 Å². The zero-order chi connectivity index (χ0) is 21.8. The van der Waals surface area contributed by atoms with Crippen molar-refractivity contribution < 1.29 is 14.3 Å². The number of nitrogens with two attached hydrogens (primary N) is 1. The maximum atomic E-state index is 12.6. The first-order chi connectivity index (χ1) is 14.3. The maximum absolute atomic E-state index is 12.6. The molecule has 11 heteroatoms. The number of hydrogen-bond donors (Lipinski definition) is 2. The van der Waals surface area contributed by atoms with E-state index in [1.54, 1.807) is 57.5 Å². The Morgan fingerprint density at radius 2 is 1.90 bits per heavy atom. The number of rotatable bonds is 7. The standard InChI is InChI=1S/C19H19Cl2N5O3S/c1-10(18(27)23-13-6-4-5-12(20)16(13)21)30-19-25-24-17(26(19)22)11-7-8-14(28-2)15(9-11)29-3/h4-10H,22H2,1-3H3,(H,23,27)/t10-/m1/s1. The molecule has 2 aromatic carbocycles. The third-order valence-corrected chi connectivity index (χ3v) is 6.04. The minimum absolute atomic E-state index is 0.278. The number of thioether (sulfide) groups is 1. The van der Waals surface area contributed by atoms with E-state index >= 15 is 0 Å². The number of nitrogens with one attached hydrogen (secondary N) is 1. The molecule has 0 saturated carbocycles. The summed E-state index contributed by atoms with van der Waals surface area (Å²) in [5.41, 5.74) is 1.12. The number of amides is 1. The second-order valence-electron chi connectivity index (χ2n) is 6.10. The number of methoxy groups -OCH3 is 2. The number of nitrogens with zero attached hydrogens (tertiary/aromatic N) is 3. The van der Waals surface area contributed by atoms with Gasteiger partial charge in [0.1, 0.15) is 0 Å². The summed E-state index contributed by atoms with van der Waals surface area (Å²) < 4.78 is 11.9. The Balaban J connectivity index is 1.76. The van der Waals surface area contributed by atoms with Crippen LogP contribution in [0.1, 0.15) is 6.92 Å². The number of aromatic nitrogens is 3. The lowest BCUT2D eigenvalue weighted by Crippen LogP contribution is -2.23. The van der Waals surface area contributed by atoms with E-state index < -0.39 is 5.25 Å². The average Bonchev–Trinajstić information content (AvgIpc) is 3.10. The molecule has 0 aliphatic rings. The van der Waals surface area contributed by atoms with Crippen LogP contribution < -0.4 is 20.6 Å². The molecule has 0 aliphatic carbocycles. The number of anilines is 1. The maximum Gasteiger partial charge on any atom is 0.237 e. The van der Waals surface area contributed by atoms with Gasteiger partial charge in [0.2, 0.25) is 11.1 Å². The van der Waals surface area contributed by atoms with Crippen LogP contribution in [0, 0.1) is 0 Å². The van der Waals surface area contributed by atoms with E-state index in [1.807, 2.05) is 0 Å². The number of benzene rings is 2. The molecule has 1 heterocycles. The topological polar surface area (TPSA) is 104 Å². The van der Waals surface area contributed by atoms with Gasteiger partial charge >= 0.3 is 0 Å². The van der Waals surface area contributed by atoms with Crippen molar-refractivity contribution in [3.63, 3.8) is 0 Å². The van der Waals surface area contributed by atoms with Crippen molar-refractivity contribution in [3.05, 3.63) is 46.4 Å². The zero-order valence-electron chi connectivity index (χ0n) is 16.3. The minimum atomic E-state index is -0.523. The van der Waals surface area contributed by atoms with Gasteiger partial charge in [-0.2, -0.15) is 0 Å². The largest absolute Gasteiger partial charge is 0.493 e. The zero-order valence-corrected chi connectivity index (χ0v) is 18.7. The summed E-state index contributed by atoms with van der Waals surface area (Å²) in [5, 5.41) is 11.5. The predicted octanol–water partition coefficient (Wildman–Crippen LogP) is 4.10. The third kappa shape index (κ3) is 4.58. The summed E-state index contributed by atoms with van der Waals surface area (Å²) in [6.07, 6.45) is 0. The summed E-state index contributed by atoms with van der Waals surface area (Å²) in [6, 6.07) is 10.3. The number of carbonyl (C=O) groups excluding carboxylic acids is 1. The molecule has 1 amide bonds. The van der Waals surface area contributed by atoms with Gasteiger partial charge in [0, 0.05) is 5.56 Å². The van der Waals surface area contributed by atoms with Gasteiger partial charge < -0.3 is 20.6 Å². The van der Waals surface area contributed by atoms with Crippen LogP contribution in [0.25, 0.3) is 11.4 Å². The fraction of sp³-hybridized carbons (Fsp3) is 0.211. The number of carbonyl (C=O) groups is 1. The van der Waals surface area contributed by atoms with Crippen LogP contribution in [-0.2, 0) is 4.79 Å². The van der Waals surface area contributed by atoms with Crippen molar-refractivity contribution in [3.8, 4) is 22.9 Å². The van der Waals surface area contributed by atoms with E-state index in [9.17, 15) is 4.79 Å². The Labute approximate surface area is 187 Å². The molecule has 0 saturated heterocycles. The van der Waals surface area contributed by atoms with E-state index in [4.69, 9.17) is 38.5 Å². The average molecular weight is 468 g/mol. The molecule has 3 rings (SSSR count). The highest BCUT2D eigenvalue weighted by Crippen LogP contribution is 2.33. The van der Waals surface area contributed by atoms with Crippen molar-refractivity contribution >= 4 is 46.6 Å². The van der Waals surface area contributed by atoms with Crippen LogP contribution in [0.4, 0.5) is 5.69 Å². The second-order valence-corrected chi connectivity index (χ2v) is 8.19. The van der Waals surface area contributed by atoms with Crippen molar-refractivity contribution in [2.45, 2.75) is 17.3 Å². The molecule has 1 aromatic heterocycles. The molecule has 0 aliphatic heterocycles. The Kier molecular flexibility index (Phi) is 6.96. The molecule has 8 nitrogen and oxygen atoms in total. The SMILES string of the molecule is COc1ccc(-c2nnc(S[C@H](C)C(=O)Nc3cccc(Cl)c3Cl)n2N)cc1OC. The van der Waals surface area contributed by atoms with Gasteiger partial charge in [-0.15, -0.1) is 10.2 Å². The van der Waals surface area contributed by atoms with Gasteiger partial charge in [-0.3, -0.25) is 4.79 Å². The molecular weight excluding hydrogens is 449 g/mol. The molecule has 0 bridgehead atoms. The van der Waals surface area contributed by atoms with Crippen molar-refractivity contribution in [2.75, 3.05) is 25.4 Å². The van der Waals surface area contributed by atoms with E-state index in [0.29, 0.717) is 38.8 Å². The predicted molar refractivity (Wildman–Crippen MR) is 119 cm³/mol. The van der Waals surface area contributed by atoms with Crippen molar-refractivity contribution in [1.29, 1.82) is 0 Å². The molecule has 0 fully saturated rings.